The fourth-order valence-corrected chi connectivity index (χ4v) is 0.889. The van der Waals surface area contributed by atoms with Crippen LogP contribution in [0, 0.1) is 0 Å². The van der Waals surface area contributed by atoms with Gasteiger partial charge in [-0.2, -0.15) is 0 Å². The molecule has 8 heavy (non-hydrogen) atoms. The molecule has 1 rings (SSSR count). The highest BCUT2D eigenvalue weighted by atomic mass is 16.6. The van der Waals surface area contributed by atoms with E-state index in [0.29, 0.717) is 0 Å². The van der Waals surface area contributed by atoms with Crippen molar-refractivity contribution in [2.45, 2.75) is 25.4 Å². The standard InChI is InChI=1S/C6H11NO/c7-8-6-4-2-1-3-5-6/h1-2,6H,3-5,7H2. The van der Waals surface area contributed by atoms with E-state index in [1.54, 1.807) is 0 Å². The Morgan fingerprint density at radius 3 is 2.75 bits per heavy atom. The second-order valence-corrected chi connectivity index (χ2v) is 2.04. The minimum Gasteiger partial charge on any atom is -0.301 e. The van der Waals surface area contributed by atoms with E-state index in [1.807, 2.05) is 0 Å². The fraction of sp³-hybridized carbons (Fsp3) is 0.667. The summed E-state index contributed by atoms with van der Waals surface area (Å²) < 4.78 is 0. The Labute approximate surface area is 49.3 Å². The van der Waals surface area contributed by atoms with Crippen molar-refractivity contribution >= 4 is 0 Å². The van der Waals surface area contributed by atoms with Gasteiger partial charge >= 0.3 is 0 Å². The number of hydrogen-bond acceptors (Lipinski definition) is 2. The second-order valence-electron chi connectivity index (χ2n) is 2.04. The summed E-state index contributed by atoms with van der Waals surface area (Å²) in [7, 11) is 0. The maximum absolute atomic E-state index is 4.97. The molecule has 0 bridgehead atoms. The van der Waals surface area contributed by atoms with Gasteiger partial charge in [-0.3, -0.25) is 0 Å². The normalized spacial score (nSPS) is 28.4. The third kappa shape index (κ3) is 1.32. The van der Waals surface area contributed by atoms with Crippen molar-refractivity contribution in [2.24, 2.45) is 5.90 Å². The minimum atomic E-state index is 0.278. The molecule has 0 saturated heterocycles. The summed E-state index contributed by atoms with van der Waals surface area (Å²) in [6, 6.07) is 0. The third-order valence-corrected chi connectivity index (χ3v) is 1.41. The van der Waals surface area contributed by atoms with Crippen molar-refractivity contribution in [3.05, 3.63) is 12.2 Å². The van der Waals surface area contributed by atoms with E-state index in [-0.39, 0.29) is 6.10 Å². The molecule has 0 radical (unpaired) electrons. The van der Waals surface area contributed by atoms with Crippen LogP contribution in [0.3, 0.4) is 0 Å². The first-order chi connectivity index (χ1) is 3.93. The maximum atomic E-state index is 4.97. The van der Waals surface area contributed by atoms with E-state index in [0.717, 1.165) is 19.3 Å². The molecule has 1 unspecified atom stereocenters. The van der Waals surface area contributed by atoms with Crippen molar-refractivity contribution in [1.82, 2.24) is 0 Å². The molecular weight excluding hydrogens is 102 g/mol. The molecule has 0 heterocycles. The zero-order chi connectivity index (χ0) is 5.82. The number of allylic oxidation sites excluding steroid dienone is 1. The molecule has 0 amide bonds. The van der Waals surface area contributed by atoms with Gasteiger partial charge in [-0.05, 0) is 19.3 Å². The van der Waals surface area contributed by atoms with Crippen molar-refractivity contribution in [1.29, 1.82) is 0 Å². The fourth-order valence-electron chi connectivity index (χ4n) is 0.889. The molecule has 0 aromatic rings. The first-order valence-corrected chi connectivity index (χ1v) is 2.94. The molecule has 1 atom stereocenters. The van der Waals surface area contributed by atoms with Gasteiger partial charge in [0.1, 0.15) is 0 Å². The van der Waals surface area contributed by atoms with E-state index in [4.69, 9.17) is 5.90 Å². The van der Waals surface area contributed by atoms with Crippen LogP contribution in [0.5, 0.6) is 0 Å². The van der Waals surface area contributed by atoms with Crippen LogP contribution in [-0.2, 0) is 4.84 Å². The van der Waals surface area contributed by atoms with E-state index >= 15 is 0 Å². The molecule has 46 valence electrons. The summed E-state index contributed by atoms with van der Waals surface area (Å²) in [5.41, 5.74) is 0. The van der Waals surface area contributed by atoms with Crippen LogP contribution >= 0.6 is 0 Å². The molecule has 0 aromatic carbocycles. The molecule has 2 nitrogen and oxygen atoms in total. The highest BCUT2D eigenvalue weighted by Gasteiger charge is 2.06. The Kier molecular flexibility index (Phi) is 2.06. The summed E-state index contributed by atoms with van der Waals surface area (Å²) in [6.07, 6.45) is 7.72. The predicted octanol–water partition coefficient (Wildman–Crippen LogP) is 0.985. The number of rotatable bonds is 1. The van der Waals surface area contributed by atoms with Crippen LogP contribution in [0.1, 0.15) is 19.3 Å². The van der Waals surface area contributed by atoms with Gasteiger partial charge in [-0.25, -0.2) is 5.90 Å². The van der Waals surface area contributed by atoms with Gasteiger partial charge in [0.15, 0.2) is 0 Å². The number of nitrogens with two attached hydrogens (primary N) is 1. The molecule has 0 aliphatic heterocycles. The Hall–Kier alpha value is -0.340. The molecule has 2 N–H and O–H groups in total. The van der Waals surface area contributed by atoms with Gasteiger partial charge in [0.2, 0.25) is 0 Å². The van der Waals surface area contributed by atoms with Crippen molar-refractivity contribution < 1.29 is 4.84 Å². The molecule has 0 spiro atoms. The molecule has 0 aromatic heterocycles. The molecule has 1 aliphatic rings. The quantitative estimate of drug-likeness (QED) is 0.406. The number of hydrogen-bond donors (Lipinski definition) is 1. The molecular formula is C6H11NO. The van der Waals surface area contributed by atoms with Crippen LogP contribution < -0.4 is 5.90 Å². The van der Waals surface area contributed by atoms with Crippen LogP contribution in [-0.4, -0.2) is 6.10 Å². The highest BCUT2D eigenvalue weighted by molar-refractivity contribution is 4.90. The Bertz CT molecular complexity index is 90.5. The van der Waals surface area contributed by atoms with E-state index in [9.17, 15) is 0 Å². The van der Waals surface area contributed by atoms with Crippen LogP contribution in [0.4, 0.5) is 0 Å². The van der Waals surface area contributed by atoms with Crippen molar-refractivity contribution in [2.75, 3.05) is 0 Å². The van der Waals surface area contributed by atoms with Gasteiger partial charge in [-0.1, -0.05) is 12.2 Å². The molecule has 0 saturated carbocycles. The summed E-state index contributed by atoms with van der Waals surface area (Å²) in [4.78, 5) is 4.64. The molecule has 2 heteroatoms. The Morgan fingerprint density at radius 2 is 2.38 bits per heavy atom. The summed E-state index contributed by atoms with van der Waals surface area (Å²) in [5, 5.41) is 0. The van der Waals surface area contributed by atoms with E-state index in [1.165, 1.54) is 0 Å². The second kappa shape index (κ2) is 2.84. The minimum absolute atomic E-state index is 0.278. The van der Waals surface area contributed by atoms with E-state index in [2.05, 4.69) is 17.0 Å². The largest absolute Gasteiger partial charge is 0.301 e. The highest BCUT2D eigenvalue weighted by Crippen LogP contribution is 2.11. The van der Waals surface area contributed by atoms with Crippen LogP contribution in [0.25, 0.3) is 0 Å². The Balaban J connectivity index is 2.27. The zero-order valence-corrected chi connectivity index (χ0v) is 4.84. The first-order valence-electron chi connectivity index (χ1n) is 2.94. The maximum Gasteiger partial charge on any atom is 0.0824 e. The Morgan fingerprint density at radius 1 is 1.50 bits per heavy atom. The predicted molar refractivity (Wildman–Crippen MR) is 32.1 cm³/mol. The van der Waals surface area contributed by atoms with Crippen molar-refractivity contribution in [3.63, 3.8) is 0 Å². The monoisotopic (exact) mass is 113 g/mol. The van der Waals surface area contributed by atoms with Crippen molar-refractivity contribution in [3.8, 4) is 0 Å². The lowest BCUT2D eigenvalue weighted by Crippen LogP contribution is -2.17. The third-order valence-electron chi connectivity index (χ3n) is 1.41. The molecule has 0 fully saturated rings. The van der Waals surface area contributed by atoms with Gasteiger partial charge < -0.3 is 4.84 Å². The average molecular weight is 113 g/mol. The van der Waals surface area contributed by atoms with E-state index < -0.39 is 0 Å². The lowest BCUT2D eigenvalue weighted by molar-refractivity contribution is 0.0476. The summed E-state index contributed by atoms with van der Waals surface area (Å²) >= 11 is 0. The van der Waals surface area contributed by atoms with Crippen LogP contribution in [0.2, 0.25) is 0 Å². The lowest BCUT2D eigenvalue weighted by Gasteiger charge is -2.13. The van der Waals surface area contributed by atoms with Gasteiger partial charge in [0.05, 0.1) is 6.10 Å². The van der Waals surface area contributed by atoms with Gasteiger partial charge in [-0.15, -0.1) is 0 Å². The zero-order valence-electron chi connectivity index (χ0n) is 4.84. The first kappa shape index (κ1) is 5.79. The van der Waals surface area contributed by atoms with Gasteiger partial charge in [0, 0.05) is 0 Å². The average Bonchev–Trinajstić information content (AvgIpc) is 1.90. The SMILES string of the molecule is NOC1CC=CCC1. The smallest absolute Gasteiger partial charge is 0.0824 e. The lowest BCUT2D eigenvalue weighted by atomic mass is 10.1. The summed E-state index contributed by atoms with van der Waals surface area (Å²) in [6.45, 7) is 0. The topological polar surface area (TPSA) is 35.2 Å². The van der Waals surface area contributed by atoms with Crippen LogP contribution in [0.15, 0.2) is 12.2 Å². The molecule has 1 aliphatic carbocycles. The summed E-state index contributed by atoms with van der Waals surface area (Å²) in [5.74, 6) is 4.97. The van der Waals surface area contributed by atoms with Gasteiger partial charge in [0.25, 0.3) is 0 Å².